The van der Waals surface area contributed by atoms with Crippen molar-refractivity contribution in [3.05, 3.63) is 51.0 Å². The fourth-order valence-corrected chi connectivity index (χ4v) is 2.98. The first kappa shape index (κ1) is 19.5. The Kier molecular flexibility index (Phi) is 5.05. The maximum absolute atomic E-state index is 13.4. The van der Waals surface area contributed by atoms with Crippen molar-refractivity contribution in [1.82, 2.24) is 9.55 Å². The molecule has 1 aromatic carbocycles. The quantitative estimate of drug-likeness (QED) is 0.761. The molecule has 0 radical (unpaired) electrons. The van der Waals surface area contributed by atoms with Gasteiger partial charge in [-0.2, -0.15) is 13.2 Å². The molecule has 1 aromatic heterocycles. The van der Waals surface area contributed by atoms with Gasteiger partial charge in [-0.15, -0.1) is 0 Å². The summed E-state index contributed by atoms with van der Waals surface area (Å²) in [6.45, 7) is 6.95. The summed E-state index contributed by atoms with van der Waals surface area (Å²) in [7, 11) is 0. The van der Waals surface area contributed by atoms with Gasteiger partial charge >= 0.3 is 12.1 Å². The lowest BCUT2D eigenvalue weighted by molar-refractivity contribution is -0.138. The van der Waals surface area contributed by atoms with Crippen LogP contribution in [-0.4, -0.2) is 20.6 Å². The summed E-state index contributed by atoms with van der Waals surface area (Å²) in [5.74, 6) is -0.771. The molecule has 8 heteroatoms. The van der Waals surface area contributed by atoms with E-state index in [0.29, 0.717) is 16.0 Å². The van der Waals surface area contributed by atoms with Gasteiger partial charge in [0.25, 0.3) is 0 Å². The number of benzene rings is 1. The SMILES string of the molecule is Cc1c(C(=O)O)nc(C(C)(C)C)n1Cc1ccc(Br)cc1C(F)(F)F. The molecule has 0 saturated carbocycles. The molecule has 0 aliphatic rings. The second-order valence-electron chi connectivity index (χ2n) is 6.81. The van der Waals surface area contributed by atoms with Gasteiger partial charge < -0.3 is 9.67 Å². The molecule has 0 atom stereocenters. The number of carbonyl (C=O) groups is 1. The van der Waals surface area contributed by atoms with Crippen LogP contribution < -0.4 is 0 Å². The number of hydrogen-bond acceptors (Lipinski definition) is 2. The first-order chi connectivity index (χ1) is 11.3. The van der Waals surface area contributed by atoms with Crippen molar-refractivity contribution >= 4 is 21.9 Å². The topological polar surface area (TPSA) is 55.1 Å². The number of aromatic carboxylic acids is 1. The number of halogens is 4. The Hall–Kier alpha value is -1.83. The number of hydrogen-bond donors (Lipinski definition) is 1. The van der Waals surface area contributed by atoms with E-state index in [1.807, 2.05) is 20.8 Å². The fourth-order valence-electron chi connectivity index (χ4n) is 2.62. The average molecular weight is 419 g/mol. The van der Waals surface area contributed by atoms with E-state index in [0.717, 1.165) is 6.07 Å². The molecule has 0 bridgehead atoms. The summed E-state index contributed by atoms with van der Waals surface area (Å²) in [4.78, 5) is 15.5. The van der Waals surface area contributed by atoms with Crippen LogP contribution in [0.25, 0.3) is 0 Å². The lowest BCUT2D eigenvalue weighted by Crippen LogP contribution is -2.21. The van der Waals surface area contributed by atoms with E-state index < -0.39 is 23.1 Å². The molecule has 4 nitrogen and oxygen atoms in total. The molecular weight excluding hydrogens is 401 g/mol. The van der Waals surface area contributed by atoms with Crippen molar-refractivity contribution < 1.29 is 23.1 Å². The van der Waals surface area contributed by atoms with E-state index in [4.69, 9.17) is 0 Å². The summed E-state index contributed by atoms with van der Waals surface area (Å²) in [6, 6.07) is 3.95. The second kappa shape index (κ2) is 6.48. The Morgan fingerprint density at radius 3 is 2.36 bits per heavy atom. The van der Waals surface area contributed by atoms with Gasteiger partial charge in [0.05, 0.1) is 5.56 Å². The zero-order valence-corrected chi connectivity index (χ0v) is 15.8. The maximum atomic E-state index is 13.4. The third-order valence-corrected chi connectivity index (χ3v) is 4.29. The van der Waals surface area contributed by atoms with Crippen molar-refractivity contribution in [3.63, 3.8) is 0 Å². The molecule has 0 aliphatic carbocycles. The molecule has 1 N–H and O–H groups in total. The van der Waals surface area contributed by atoms with E-state index in [2.05, 4.69) is 20.9 Å². The Balaban J connectivity index is 2.64. The zero-order valence-electron chi connectivity index (χ0n) is 14.2. The smallest absolute Gasteiger partial charge is 0.416 e. The molecule has 0 amide bonds. The Morgan fingerprint density at radius 2 is 1.88 bits per heavy atom. The molecule has 1 heterocycles. The van der Waals surface area contributed by atoms with Crippen molar-refractivity contribution in [1.29, 1.82) is 0 Å². The van der Waals surface area contributed by atoms with Gasteiger partial charge in [0.1, 0.15) is 5.82 Å². The van der Waals surface area contributed by atoms with Crippen molar-refractivity contribution in [2.75, 3.05) is 0 Å². The minimum Gasteiger partial charge on any atom is -0.476 e. The number of carboxylic acid groups (broad SMARTS) is 1. The number of imidazole rings is 1. The Bertz CT molecular complexity index is 821. The third kappa shape index (κ3) is 4.05. The lowest BCUT2D eigenvalue weighted by atomic mass is 9.95. The van der Waals surface area contributed by atoms with Crippen LogP contribution >= 0.6 is 15.9 Å². The van der Waals surface area contributed by atoms with Gasteiger partial charge in [-0.25, -0.2) is 9.78 Å². The van der Waals surface area contributed by atoms with Gasteiger partial charge in [-0.3, -0.25) is 0 Å². The van der Waals surface area contributed by atoms with Crippen LogP contribution in [-0.2, 0) is 18.1 Å². The summed E-state index contributed by atoms with van der Waals surface area (Å²) >= 11 is 3.06. The second-order valence-corrected chi connectivity index (χ2v) is 7.73. The molecule has 0 saturated heterocycles. The maximum Gasteiger partial charge on any atom is 0.416 e. The Morgan fingerprint density at radius 1 is 1.28 bits per heavy atom. The first-order valence-corrected chi connectivity index (χ1v) is 8.28. The largest absolute Gasteiger partial charge is 0.476 e. The molecule has 2 aromatic rings. The van der Waals surface area contributed by atoms with E-state index in [-0.39, 0.29) is 17.8 Å². The number of carboxylic acids is 1. The minimum atomic E-state index is -4.51. The normalized spacial score (nSPS) is 12.5. The van der Waals surface area contributed by atoms with E-state index in [1.54, 1.807) is 11.5 Å². The monoisotopic (exact) mass is 418 g/mol. The Labute approximate surface area is 151 Å². The van der Waals surface area contributed by atoms with E-state index in [1.165, 1.54) is 12.1 Å². The highest BCUT2D eigenvalue weighted by Crippen LogP contribution is 2.35. The predicted octanol–water partition coefficient (Wildman–Crippen LogP) is 5.02. The van der Waals surface area contributed by atoms with Gasteiger partial charge in [0, 0.05) is 22.1 Å². The summed E-state index contributed by atoms with van der Waals surface area (Å²) in [5, 5.41) is 9.29. The predicted molar refractivity (Wildman–Crippen MR) is 90.9 cm³/mol. The van der Waals surface area contributed by atoms with Crippen LogP contribution in [0.4, 0.5) is 13.2 Å². The van der Waals surface area contributed by atoms with Gasteiger partial charge in [-0.05, 0) is 24.6 Å². The standard InChI is InChI=1S/C17H18BrF3N2O2/c1-9-13(14(24)25)22-15(16(2,3)4)23(9)8-10-5-6-11(18)7-12(10)17(19,20)21/h5-7H,8H2,1-4H3,(H,24,25). The lowest BCUT2D eigenvalue weighted by Gasteiger charge is -2.22. The fraction of sp³-hybridized carbons (Fsp3) is 0.412. The van der Waals surface area contributed by atoms with Crippen LogP contribution in [0.2, 0.25) is 0 Å². The van der Waals surface area contributed by atoms with Crippen LogP contribution in [0, 0.1) is 6.92 Å². The number of rotatable bonds is 3. The van der Waals surface area contributed by atoms with Crippen LogP contribution in [0.3, 0.4) is 0 Å². The van der Waals surface area contributed by atoms with Crippen LogP contribution in [0.1, 0.15) is 53.9 Å². The number of nitrogens with zero attached hydrogens (tertiary/aromatic N) is 2. The van der Waals surface area contributed by atoms with Crippen LogP contribution in [0.15, 0.2) is 22.7 Å². The number of aromatic nitrogens is 2. The van der Waals surface area contributed by atoms with Gasteiger partial charge in [0.2, 0.25) is 0 Å². The molecular formula is C17H18BrF3N2O2. The van der Waals surface area contributed by atoms with Crippen molar-refractivity contribution in [2.24, 2.45) is 0 Å². The highest BCUT2D eigenvalue weighted by molar-refractivity contribution is 9.10. The summed E-state index contributed by atoms with van der Waals surface area (Å²) in [5.41, 5.74) is -1.04. The van der Waals surface area contributed by atoms with Gasteiger partial charge in [-0.1, -0.05) is 42.8 Å². The van der Waals surface area contributed by atoms with Crippen molar-refractivity contribution in [3.8, 4) is 0 Å². The molecule has 2 rings (SSSR count). The number of alkyl halides is 3. The molecule has 0 unspecified atom stereocenters. The summed E-state index contributed by atoms with van der Waals surface area (Å²) in [6.07, 6.45) is -4.51. The zero-order chi connectivity index (χ0) is 19.2. The molecule has 0 spiro atoms. The molecule has 136 valence electrons. The molecule has 0 aliphatic heterocycles. The third-order valence-electron chi connectivity index (χ3n) is 3.80. The van der Waals surface area contributed by atoms with E-state index in [9.17, 15) is 23.1 Å². The van der Waals surface area contributed by atoms with Crippen LogP contribution in [0.5, 0.6) is 0 Å². The first-order valence-electron chi connectivity index (χ1n) is 7.49. The minimum absolute atomic E-state index is 0.0543. The highest BCUT2D eigenvalue weighted by Gasteiger charge is 2.34. The summed E-state index contributed by atoms with van der Waals surface area (Å²) < 4.78 is 41.9. The van der Waals surface area contributed by atoms with Crippen molar-refractivity contribution in [2.45, 2.75) is 45.8 Å². The van der Waals surface area contributed by atoms with E-state index >= 15 is 0 Å². The highest BCUT2D eigenvalue weighted by atomic mass is 79.9. The molecule has 0 fully saturated rings. The van der Waals surface area contributed by atoms with Gasteiger partial charge in [0.15, 0.2) is 5.69 Å². The average Bonchev–Trinajstić information content (AvgIpc) is 2.77. The molecule has 25 heavy (non-hydrogen) atoms.